The topological polar surface area (TPSA) is 34.1 Å². The van der Waals surface area contributed by atoms with Crippen LogP contribution in [0.4, 0.5) is 0 Å². The van der Waals surface area contributed by atoms with E-state index in [9.17, 15) is 9.59 Å². The Morgan fingerprint density at radius 1 is 0.810 bits per heavy atom. The lowest BCUT2D eigenvalue weighted by atomic mass is 9.68. The van der Waals surface area contributed by atoms with Gasteiger partial charge in [0, 0.05) is 10.8 Å². The van der Waals surface area contributed by atoms with Crippen LogP contribution in [0.3, 0.4) is 0 Å². The first-order valence-electron chi connectivity index (χ1n) is 7.60. The first-order valence-corrected chi connectivity index (χ1v) is 7.60. The third-order valence-corrected chi connectivity index (χ3v) is 3.87. The van der Waals surface area contributed by atoms with Gasteiger partial charge in [-0.15, -0.1) is 0 Å². The van der Waals surface area contributed by atoms with Crippen molar-refractivity contribution in [2.45, 2.75) is 54.4 Å². The number of rotatable bonds is 4. The van der Waals surface area contributed by atoms with Gasteiger partial charge in [-0.05, 0) is 11.5 Å². The largest absolute Gasteiger partial charge is 0.298 e. The van der Waals surface area contributed by atoms with Crippen LogP contribution in [0.15, 0.2) is 30.3 Å². The van der Waals surface area contributed by atoms with Crippen molar-refractivity contribution in [3.05, 3.63) is 35.9 Å². The van der Waals surface area contributed by atoms with E-state index in [0.717, 1.165) is 5.56 Å². The predicted molar refractivity (Wildman–Crippen MR) is 87.3 cm³/mol. The first kappa shape index (κ1) is 17.6. The second-order valence-electron chi connectivity index (χ2n) is 7.91. The van der Waals surface area contributed by atoms with Crippen LogP contribution in [-0.2, 0) is 9.59 Å². The molecule has 1 aromatic rings. The van der Waals surface area contributed by atoms with E-state index in [4.69, 9.17) is 0 Å². The van der Waals surface area contributed by atoms with Crippen molar-refractivity contribution < 1.29 is 9.59 Å². The normalized spacial score (nSPS) is 14.1. The lowest BCUT2D eigenvalue weighted by Gasteiger charge is -2.32. The fourth-order valence-corrected chi connectivity index (χ4v) is 2.46. The minimum atomic E-state index is -0.590. The summed E-state index contributed by atoms with van der Waals surface area (Å²) >= 11 is 0. The van der Waals surface area contributed by atoms with Crippen molar-refractivity contribution >= 4 is 11.6 Å². The summed E-state index contributed by atoms with van der Waals surface area (Å²) in [6.45, 7) is 13.3. The molecule has 0 heterocycles. The molecule has 0 amide bonds. The smallest absolute Gasteiger partial charge is 0.149 e. The van der Waals surface area contributed by atoms with Crippen molar-refractivity contribution in [1.29, 1.82) is 0 Å². The van der Waals surface area contributed by atoms with Crippen LogP contribution >= 0.6 is 0 Å². The molecule has 0 radical (unpaired) electrons. The Kier molecular flexibility index (Phi) is 5.14. The van der Waals surface area contributed by atoms with E-state index >= 15 is 0 Å². The first-order chi connectivity index (χ1) is 9.46. The van der Waals surface area contributed by atoms with Crippen molar-refractivity contribution in [2.75, 3.05) is 0 Å². The highest BCUT2D eigenvalue weighted by Crippen LogP contribution is 2.36. The lowest BCUT2D eigenvalue weighted by Crippen LogP contribution is -2.41. The Labute approximate surface area is 128 Å². The minimum absolute atomic E-state index is 0.0266. The van der Waals surface area contributed by atoms with E-state index in [1.54, 1.807) is 0 Å². The van der Waals surface area contributed by atoms with E-state index in [1.165, 1.54) is 0 Å². The molecular formula is C19H28O2. The molecule has 0 aromatic heterocycles. The molecule has 2 nitrogen and oxygen atoms in total. The zero-order chi connectivity index (χ0) is 16.4. The summed E-state index contributed by atoms with van der Waals surface area (Å²) in [5.41, 5.74) is 0.00108. The van der Waals surface area contributed by atoms with E-state index in [1.807, 2.05) is 78.8 Å². The van der Waals surface area contributed by atoms with Crippen LogP contribution in [0.2, 0.25) is 0 Å². The fourth-order valence-electron chi connectivity index (χ4n) is 2.46. The van der Waals surface area contributed by atoms with Crippen molar-refractivity contribution in [3.63, 3.8) is 0 Å². The highest BCUT2D eigenvalue weighted by atomic mass is 16.2. The second-order valence-corrected chi connectivity index (χ2v) is 7.91. The summed E-state index contributed by atoms with van der Waals surface area (Å²) in [6, 6.07) is 9.83. The molecular weight excluding hydrogens is 260 g/mol. The third-order valence-electron chi connectivity index (χ3n) is 3.87. The molecule has 0 bridgehead atoms. The Morgan fingerprint density at radius 3 is 1.52 bits per heavy atom. The molecule has 1 rings (SSSR count). The molecule has 0 aliphatic rings. The van der Waals surface area contributed by atoms with E-state index in [0.29, 0.717) is 0 Å². The van der Waals surface area contributed by atoms with Gasteiger partial charge in [0.15, 0.2) is 0 Å². The maximum atomic E-state index is 12.8. The van der Waals surface area contributed by atoms with Crippen LogP contribution in [0.5, 0.6) is 0 Å². The van der Waals surface area contributed by atoms with E-state index in [2.05, 4.69) is 0 Å². The van der Waals surface area contributed by atoms with Crippen LogP contribution in [-0.4, -0.2) is 11.6 Å². The van der Waals surface area contributed by atoms with E-state index in [-0.39, 0.29) is 17.5 Å². The molecule has 0 saturated heterocycles. The van der Waals surface area contributed by atoms with Gasteiger partial charge >= 0.3 is 0 Å². The zero-order valence-corrected chi connectivity index (χ0v) is 14.4. The van der Waals surface area contributed by atoms with Gasteiger partial charge in [0.05, 0.1) is 5.92 Å². The second kappa shape index (κ2) is 6.13. The Morgan fingerprint density at radius 2 is 1.19 bits per heavy atom. The number of benzene rings is 1. The highest BCUT2D eigenvalue weighted by Gasteiger charge is 2.42. The number of hydrogen-bond donors (Lipinski definition) is 0. The quantitative estimate of drug-likeness (QED) is 0.757. The number of carbonyl (C=O) groups excluding carboxylic acids is 2. The molecule has 1 aromatic carbocycles. The van der Waals surface area contributed by atoms with E-state index < -0.39 is 16.7 Å². The molecule has 0 N–H and O–H groups in total. The maximum Gasteiger partial charge on any atom is 0.149 e. The van der Waals surface area contributed by atoms with Crippen LogP contribution in [0.1, 0.15) is 59.9 Å². The molecule has 1 atom stereocenters. The molecule has 116 valence electrons. The molecule has 2 heteroatoms. The van der Waals surface area contributed by atoms with Crippen molar-refractivity contribution in [1.82, 2.24) is 0 Å². The Bertz CT molecular complexity index is 475. The van der Waals surface area contributed by atoms with Crippen LogP contribution in [0, 0.1) is 16.7 Å². The minimum Gasteiger partial charge on any atom is -0.298 e. The average Bonchev–Trinajstić information content (AvgIpc) is 2.37. The summed E-state index contributed by atoms with van der Waals surface area (Å²) in [6.07, 6.45) is 0. The zero-order valence-electron chi connectivity index (χ0n) is 14.4. The molecule has 0 spiro atoms. The van der Waals surface area contributed by atoms with Gasteiger partial charge in [0.1, 0.15) is 11.6 Å². The van der Waals surface area contributed by atoms with Gasteiger partial charge in [0.2, 0.25) is 0 Å². The average molecular weight is 288 g/mol. The number of Topliss-reactive ketones (excluding diaryl/α,β-unsaturated/α-hetero) is 2. The fraction of sp³-hybridized carbons (Fsp3) is 0.579. The molecule has 0 aliphatic carbocycles. The molecule has 0 fully saturated rings. The number of carbonyl (C=O) groups is 2. The summed E-state index contributed by atoms with van der Waals surface area (Å²) in [4.78, 5) is 25.7. The molecule has 1 unspecified atom stereocenters. The maximum absolute atomic E-state index is 12.8. The van der Waals surface area contributed by atoms with Gasteiger partial charge in [-0.25, -0.2) is 0 Å². The summed E-state index contributed by atoms with van der Waals surface area (Å²) in [7, 11) is 0. The summed E-state index contributed by atoms with van der Waals surface area (Å²) in [5, 5.41) is 0. The third kappa shape index (κ3) is 4.26. The molecule has 0 saturated carbocycles. The SMILES string of the molecule is CC(c1ccccc1)C(C(=O)C(C)(C)C)C(=O)C(C)(C)C. The Balaban J connectivity index is 3.26. The van der Waals surface area contributed by atoms with Gasteiger partial charge in [-0.3, -0.25) is 9.59 Å². The summed E-state index contributed by atoms with van der Waals surface area (Å²) < 4.78 is 0. The number of ketones is 2. The molecule has 21 heavy (non-hydrogen) atoms. The van der Waals surface area contributed by atoms with Crippen LogP contribution < -0.4 is 0 Å². The van der Waals surface area contributed by atoms with Crippen LogP contribution in [0.25, 0.3) is 0 Å². The van der Waals surface area contributed by atoms with Gasteiger partial charge < -0.3 is 0 Å². The highest BCUT2D eigenvalue weighted by molar-refractivity contribution is 6.07. The Hall–Kier alpha value is -1.44. The predicted octanol–water partition coefficient (Wildman–Crippen LogP) is 4.64. The monoisotopic (exact) mass is 288 g/mol. The van der Waals surface area contributed by atoms with Gasteiger partial charge in [0.25, 0.3) is 0 Å². The van der Waals surface area contributed by atoms with Crippen molar-refractivity contribution in [3.8, 4) is 0 Å². The number of hydrogen-bond acceptors (Lipinski definition) is 2. The van der Waals surface area contributed by atoms with Gasteiger partial charge in [-0.2, -0.15) is 0 Å². The lowest BCUT2D eigenvalue weighted by molar-refractivity contribution is -0.142. The van der Waals surface area contributed by atoms with Gasteiger partial charge in [-0.1, -0.05) is 78.8 Å². The van der Waals surface area contributed by atoms with Crippen molar-refractivity contribution in [2.24, 2.45) is 16.7 Å². The molecule has 0 aliphatic heterocycles. The standard InChI is InChI=1S/C19H28O2/c1-13(14-11-9-8-10-12-14)15(16(20)18(2,3)4)17(21)19(5,6)7/h8-13,15H,1-7H3. The summed E-state index contributed by atoms with van der Waals surface area (Å²) in [5.74, 6) is -0.644.